The number of benzene rings is 5. The lowest BCUT2D eigenvalue weighted by Crippen LogP contribution is -2.34. The highest BCUT2D eigenvalue weighted by Crippen LogP contribution is 2.15. The van der Waals surface area contributed by atoms with Crippen molar-refractivity contribution in [2.24, 2.45) is 5.73 Å². The number of nitrogens with two attached hydrogens (primary N) is 2. The number of rotatable bonds is 15. The molecule has 7 N–H and O–H groups in total. The van der Waals surface area contributed by atoms with Gasteiger partial charge in [-0.3, -0.25) is 25.0 Å². The van der Waals surface area contributed by atoms with Crippen molar-refractivity contribution in [3.8, 4) is 0 Å². The maximum absolute atomic E-state index is 11.7. The van der Waals surface area contributed by atoms with Crippen molar-refractivity contribution in [2.45, 2.75) is 64.4 Å². The van der Waals surface area contributed by atoms with Crippen LogP contribution in [0.4, 0.5) is 26.7 Å². The number of hydrogen-bond donors (Lipinski definition) is 5. The Morgan fingerprint density at radius 2 is 0.915 bits per heavy atom. The molecule has 0 saturated carbocycles. The van der Waals surface area contributed by atoms with E-state index in [0.29, 0.717) is 12.0 Å². The third-order valence-corrected chi connectivity index (χ3v) is 8.28. The molecule has 2 amide bonds. The van der Waals surface area contributed by atoms with E-state index in [0.717, 1.165) is 34.4 Å². The summed E-state index contributed by atoms with van der Waals surface area (Å²) in [5.41, 5.74) is 16.3. The van der Waals surface area contributed by atoms with E-state index in [2.05, 4.69) is 10.6 Å². The molecule has 310 valence electrons. The largest absolute Gasteiger partial charge is 0.480 e. The molecule has 0 unspecified atom stereocenters. The molecule has 0 radical (unpaired) electrons. The van der Waals surface area contributed by atoms with E-state index >= 15 is 0 Å². The van der Waals surface area contributed by atoms with Crippen molar-refractivity contribution in [1.29, 1.82) is 0 Å². The van der Waals surface area contributed by atoms with E-state index < -0.39 is 34.0 Å². The molecule has 5 rings (SSSR count). The Bertz CT molecular complexity index is 2070. The number of nitrogens with zero attached hydrogens (tertiary/aromatic N) is 2. The second-order valence-electron chi connectivity index (χ2n) is 13.4. The number of non-ortho nitro benzene ring substituents is 2. The number of carboxylic acids is 1. The van der Waals surface area contributed by atoms with Gasteiger partial charge in [-0.25, -0.2) is 9.59 Å². The molecule has 0 bridgehead atoms. The number of nitro benzene ring substituents is 2. The van der Waals surface area contributed by atoms with Crippen LogP contribution < -0.4 is 22.1 Å². The van der Waals surface area contributed by atoms with Crippen LogP contribution in [0.15, 0.2) is 133 Å². The van der Waals surface area contributed by atoms with Crippen molar-refractivity contribution in [2.75, 3.05) is 5.73 Å². The van der Waals surface area contributed by atoms with Gasteiger partial charge in [0, 0.05) is 42.0 Å². The highest BCUT2D eigenvalue weighted by Gasteiger charge is 2.14. The lowest BCUT2D eigenvalue weighted by molar-refractivity contribution is -0.385. The number of nitrogen functional groups attached to an aromatic ring is 1. The minimum Gasteiger partial charge on any atom is -0.480 e. The van der Waals surface area contributed by atoms with E-state index in [1.54, 1.807) is 12.1 Å². The molecule has 16 heteroatoms. The Hall–Kier alpha value is -7.33. The van der Waals surface area contributed by atoms with Gasteiger partial charge in [-0.05, 0) is 73.1 Å². The van der Waals surface area contributed by atoms with Gasteiger partial charge >= 0.3 is 18.2 Å². The van der Waals surface area contributed by atoms with Gasteiger partial charge in [0.15, 0.2) is 0 Å². The van der Waals surface area contributed by atoms with Gasteiger partial charge in [0.1, 0.15) is 19.3 Å². The second-order valence-corrected chi connectivity index (χ2v) is 13.4. The van der Waals surface area contributed by atoms with Gasteiger partial charge < -0.3 is 36.7 Å². The fourth-order valence-electron chi connectivity index (χ4n) is 5.24. The fourth-order valence-corrected chi connectivity index (χ4v) is 5.24. The summed E-state index contributed by atoms with van der Waals surface area (Å²) in [5, 5.41) is 35.0. The summed E-state index contributed by atoms with van der Waals surface area (Å²) in [6, 6.07) is 37.5. The molecule has 59 heavy (non-hydrogen) atoms. The zero-order chi connectivity index (χ0) is 43.2. The van der Waals surface area contributed by atoms with Gasteiger partial charge in [0.05, 0.1) is 9.85 Å². The first-order chi connectivity index (χ1) is 28.2. The number of amides is 2. The molecule has 0 aliphatic heterocycles. The van der Waals surface area contributed by atoms with Gasteiger partial charge in [0.25, 0.3) is 11.4 Å². The maximum Gasteiger partial charge on any atom is 0.407 e. The summed E-state index contributed by atoms with van der Waals surface area (Å²) in [7, 11) is 0. The van der Waals surface area contributed by atoms with Crippen molar-refractivity contribution >= 4 is 35.2 Å². The van der Waals surface area contributed by atoms with Gasteiger partial charge in [0.2, 0.25) is 0 Å². The standard InChI is InChI=1S/C17H18N2O4.C17H20N2O2.C9H10N2O4/c1-13(11-14-7-9-16(10-8-14)19(21)22)18-17(20)23-12-15-5-3-2-4-6-15;1-13(11-14-7-9-16(18)10-8-14)19-17(20)21-12-15-5-3-2-4-6-15;10-8(9(12)13)5-6-1-3-7(4-2-6)11(14)15/h2-10,13H,11-12H2,1H3,(H,18,20);2-10,13H,11-12,18H2,1H3,(H,19,20);1-4,8H,5,10H2,(H,12,13)/t2*13-;8-/m110/s1. The van der Waals surface area contributed by atoms with Crippen LogP contribution in [0.25, 0.3) is 0 Å². The lowest BCUT2D eigenvalue weighted by Gasteiger charge is -2.14. The highest BCUT2D eigenvalue weighted by atomic mass is 16.6. The molecule has 0 spiro atoms. The first-order valence-corrected chi connectivity index (χ1v) is 18.4. The van der Waals surface area contributed by atoms with Crippen LogP contribution in [0.1, 0.15) is 41.7 Å². The molecule has 0 aliphatic carbocycles. The minimum absolute atomic E-state index is 0.00287. The summed E-state index contributed by atoms with van der Waals surface area (Å²) in [4.78, 5) is 53.9. The van der Waals surface area contributed by atoms with Gasteiger partial charge in [-0.1, -0.05) is 97.1 Å². The van der Waals surface area contributed by atoms with Crippen LogP contribution in [-0.2, 0) is 46.7 Å². The van der Waals surface area contributed by atoms with Crippen molar-refractivity contribution in [3.63, 3.8) is 0 Å². The quantitative estimate of drug-likeness (QED) is 0.0402. The Labute approximate surface area is 341 Å². The molecular formula is C43H48N6O10. The van der Waals surface area contributed by atoms with E-state index in [-0.39, 0.29) is 43.1 Å². The topological polar surface area (TPSA) is 252 Å². The lowest BCUT2D eigenvalue weighted by atomic mass is 10.1. The molecule has 16 nitrogen and oxygen atoms in total. The molecule has 3 atom stereocenters. The molecule has 5 aromatic carbocycles. The summed E-state index contributed by atoms with van der Waals surface area (Å²) < 4.78 is 10.3. The van der Waals surface area contributed by atoms with Crippen molar-refractivity contribution in [1.82, 2.24) is 10.6 Å². The van der Waals surface area contributed by atoms with E-state index in [4.69, 9.17) is 26.0 Å². The monoisotopic (exact) mass is 808 g/mol. The number of carbonyl (C=O) groups excluding carboxylic acids is 2. The third kappa shape index (κ3) is 18.4. The number of nitrogens with one attached hydrogen (secondary N) is 2. The van der Waals surface area contributed by atoms with Crippen LogP contribution in [-0.4, -0.2) is 51.2 Å². The number of carbonyl (C=O) groups is 3. The van der Waals surface area contributed by atoms with Crippen LogP contribution in [0.2, 0.25) is 0 Å². The molecule has 0 heterocycles. The number of anilines is 1. The highest BCUT2D eigenvalue weighted by molar-refractivity contribution is 5.73. The fraction of sp³-hybridized carbons (Fsp3) is 0.233. The predicted molar refractivity (Wildman–Crippen MR) is 222 cm³/mol. The summed E-state index contributed by atoms with van der Waals surface area (Å²) >= 11 is 0. The minimum atomic E-state index is -1.09. The average Bonchev–Trinajstić information content (AvgIpc) is 3.21. The smallest absolute Gasteiger partial charge is 0.407 e. The number of hydrogen-bond acceptors (Lipinski definition) is 11. The summed E-state index contributed by atoms with van der Waals surface area (Å²) in [6.45, 7) is 4.30. The molecule has 0 aliphatic rings. The zero-order valence-electron chi connectivity index (χ0n) is 32.6. The molecular weight excluding hydrogens is 761 g/mol. The first kappa shape index (κ1) is 46.1. The summed E-state index contributed by atoms with van der Waals surface area (Å²) in [6.07, 6.45) is 0.581. The molecule has 0 aromatic heterocycles. The van der Waals surface area contributed by atoms with Crippen LogP contribution in [0.3, 0.4) is 0 Å². The second kappa shape index (κ2) is 24.3. The van der Waals surface area contributed by atoms with Crippen molar-refractivity contribution in [3.05, 3.63) is 182 Å². The van der Waals surface area contributed by atoms with E-state index in [9.17, 15) is 34.6 Å². The average molecular weight is 809 g/mol. The van der Waals surface area contributed by atoms with Crippen LogP contribution in [0.5, 0.6) is 0 Å². The zero-order valence-corrected chi connectivity index (χ0v) is 32.6. The Morgan fingerprint density at radius 3 is 1.25 bits per heavy atom. The Kier molecular flexibility index (Phi) is 19.0. The number of nitro groups is 2. The van der Waals surface area contributed by atoms with Crippen molar-refractivity contribution < 1.29 is 38.8 Å². The predicted octanol–water partition coefficient (Wildman–Crippen LogP) is 7.13. The number of alkyl carbamates (subject to hydrolysis) is 2. The summed E-state index contributed by atoms with van der Waals surface area (Å²) in [5.74, 6) is -1.09. The molecule has 5 aromatic rings. The number of carboxylic acid groups (broad SMARTS) is 1. The number of ether oxygens (including phenoxy) is 2. The molecule has 0 fully saturated rings. The van der Waals surface area contributed by atoms with E-state index in [1.807, 2.05) is 98.8 Å². The third-order valence-electron chi connectivity index (χ3n) is 8.28. The number of aliphatic carboxylic acids is 1. The SMILES string of the molecule is C[C@H](Cc1ccc(N)cc1)NC(=O)OCc1ccccc1.C[C@H](Cc1ccc([N+](=O)[O-])cc1)NC(=O)OCc1ccccc1.N[C@@H](Cc1ccc([N+](=O)[O-])cc1)C(=O)O. The van der Waals surface area contributed by atoms with Gasteiger partial charge in [-0.15, -0.1) is 0 Å². The first-order valence-electron chi connectivity index (χ1n) is 18.4. The van der Waals surface area contributed by atoms with Crippen LogP contribution >= 0.6 is 0 Å². The van der Waals surface area contributed by atoms with Crippen LogP contribution in [0, 0.1) is 20.2 Å². The Morgan fingerprint density at radius 1 is 0.576 bits per heavy atom. The Balaban J connectivity index is 0.000000242. The van der Waals surface area contributed by atoms with E-state index in [1.165, 1.54) is 36.4 Å². The van der Waals surface area contributed by atoms with Gasteiger partial charge in [-0.2, -0.15) is 0 Å². The normalized spacial score (nSPS) is 11.7. The molecule has 0 saturated heterocycles. The maximum atomic E-state index is 11.7.